The summed E-state index contributed by atoms with van der Waals surface area (Å²) in [5, 5.41) is 16.6. The first-order valence-corrected chi connectivity index (χ1v) is 11.3. The summed E-state index contributed by atoms with van der Waals surface area (Å²) in [6.45, 7) is 3.77. The number of hydrogen-bond donors (Lipinski definition) is 2. The van der Waals surface area contributed by atoms with Crippen molar-refractivity contribution >= 4 is 11.0 Å². The van der Waals surface area contributed by atoms with Crippen molar-refractivity contribution in [3.8, 4) is 11.1 Å². The lowest BCUT2D eigenvalue weighted by Gasteiger charge is -2.28. The largest absolute Gasteiger partial charge is 0.373 e. The van der Waals surface area contributed by atoms with Crippen LogP contribution in [0.1, 0.15) is 53.0 Å². The van der Waals surface area contributed by atoms with Gasteiger partial charge in [0.2, 0.25) is 0 Å². The fourth-order valence-corrected chi connectivity index (χ4v) is 4.72. The fraction of sp³-hybridized carbons (Fsp3) is 0.231. The molecule has 1 aromatic carbocycles. The molecule has 0 amide bonds. The molecule has 0 bridgehead atoms. The van der Waals surface area contributed by atoms with E-state index in [9.17, 15) is 5.11 Å². The molecule has 8 heteroatoms. The van der Waals surface area contributed by atoms with Gasteiger partial charge in [-0.15, -0.1) is 0 Å². The van der Waals surface area contributed by atoms with Gasteiger partial charge in [-0.25, -0.2) is 9.66 Å². The highest BCUT2D eigenvalue weighted by Crippen LogP contribution is 2.44. The van der Waals surface area contributed by atoms with Crippen LogP contribution in [-0.4, -0.2) is 29.9 Å². The van der Waals surface area contributed by atoms with Crippen molar-refractivity contribution in [1.29, 1.82) is 0 Å². The first-order valence-electron chi connectivity index (χ1n) is 11.3. The van der Waals surface area contributed by atoms with Gasteiger partial charge in [-0.1, -0.05) is 17.3 Å². The second-order valence-corrected chi connectivity index (χ2v) is 8.85. The number of aliphatic hydroxyl groups is 1. The number of benzene rings is 1. The average molecular weight is 453 g/mol. The van der Waals surface area contributed by atoms with Crippen LogP contribution < -0.4 is 5.84 Å². The molecule has 6 rings (SSSR count). The van der Waals surface area contributed by atoms with Crippen LogP contribution in [0.3, 0.4) is 0 Å². The zero-order valence-electron chi connectivity index (χ0n) is 18.9. The van der Waals surface area contributed by atoms with Gasteiger partial charge in [0.25, 0.3) is 0 Å². The van der Waals surface area contributed by atoms with Gasteiger partial charge in [0.05, 0.1) is 28.1 Å². The Morgan fingerprint density at radius 3 is 2.24 bits per heavy atom. The molecule has 170 valence electrons. The lowest BCUT2D eigenvalue weighted by molar-refractivity contribution is 0.117. The lowest BCUT2D eigenvalue weighted by atomic mass is 9.83. The Hall–Kier alpha value is -4.04. The molecule has 4 heterocycles. The molecule has 5 aromatic rings. The van der Waals surface area contributed by atoms with E-state index in [1.54, 1.807) is 29.2 Å². The van der Waals surface area contributed by atoms with Gasteiger partial charge >= 0.3 is 0 Å². The topological polar surface area (TPSA) is 116 Å². The molecule has 1 aliphatic rings. The minimum absolute atomic E-state index is 0.325. The highest BCUT2D eigenvalue weighted by Gasteiger charge is 2.41. The molecular formula is C26H24N6O2. The monoisotopic (exact) mass is 452 g/mol. The summed E-state index contributed by atoms with van der Waals surface area (Å²) < 4.78 is 7.10. The van der Waals surface area contributed by atoms with E-state index < -0.39 is 5.60 Å². The van der Waals surface area contributed by atoms with E-state index in [-0.39, 0.29) is 0 Å². The number of aryl methyl sites for hydroxylation is 2. The summed E-state index contributed by atoms with van der Waals surface area (Å²) in [4.78, 5) is 14.0. The standard InChI is InChI=1S/C26H24N6O2/c1-15-23(16(2)34-31-15)18-13-19(24-20(14-18)32(27)25(30-24)17-9-10-17)26(33,21-7-3-5-11-28-21)22-8-4-6-12-29-22/h3-8,11-14,17,33H,9-10,27H2,1-2H3. The van der Waals surface area contributed by atoms with Crippen LogP contribution in [0.2, 0.25) is 0 Å². The number of imidazole rings is 1. The lowest BCUT2D eigenvalue weighted by Crippen LogP contribution is -2.31. The number of nitrogens with zero attached hydrogens (tertiary/aromatic N) is 5. The normalized spacial score (nSPS) is 14.1. The van der Waals surface area contributed by atoms with Crippen LogP contribution in [0.25, 0.3) is 22.2 Å². The van der Waals surface area contributed by atoms with Crippen LogP contribution in [0.5, 0.6) is 0 Å². The summed E-state index contributed by atoms with van der Waals surface area (Å²) in [6, 6.07) is 14.8. The molecule has 0 unspecified atom stereocenters. The van der Waals surface area contributed by atoms with E-state index in [1.165, 1.54) is 0 Å². The molecule has 1 fully saturated rings. The van der Waals surface area contributed by atoms with Gasteiger partial charge in [-0.2, -0.15) is 0 Å². The van der Waals surface area contributed by atoms with E-state index in [0.29, 0.717) is 34.1 Å². The molecule has 0 aliphatic heterocycles. The maximum Gasteiger partial charge on any atom is 0.176 e. The van der Waals surface area contributed by atoms with Crippen LogP contribution in [0.4, 0.5) is 0 Å². The smallest absolute Gasteiger partial charge is 0.176 e. The van der Waals surface area contributed by atoms with Crippen molar-refractivity contribution in [2.45, 2.75) is 38.2 Å². The predicted molar refractivity (Wildman–Crippen MR) is 127 cm³/mol. The second kappa shape index (κ2) is 7.50. The molecule has 0 radical (unpaired) electrons. The number of rotatable bonds is 5. The average Bonchev–Trinajstić information content (AvgIpc) is 3.59. The van der Waals surface area contributed by atoms with Gasteiger partial charge in [-0.05, 0) is 68.7 Å². The van der Waals surface area contributed by atoms with Crippen LogP contribution >= 0.6 is 0 Å². The molecule has 0 atom stereocenters. The molecule has 34 heavy (non-hydrogen) atoms. The van der Waals surface area contributed by atoms with Gasteiger partial charge < -0.3 is 15.5 Å². The summed E-state index contributed by atoms with van der Waals surface area (Å²) in [5.41, 5.74) is 3.59. The SMILES string of the molecule is Cc1noc(C)c1-c1cc(C(O)(c2ccccn2)c2ccccn2)c2nc(C3CC3)n(N)c2c1. The summed E-state index contributed by atoms with van der Waals surface area (Å²) in [6.07, 6.45) is 5.43. The number of pyridine rings is 2. The predicted octanol–water partition coefficient (Wildman–Crippen LogP) is 3.97. The van der Waals surface area contributed by atoms with E-state index >= 15 is 0 Å². The van der Waals surface area contributed by atoms with Crippen LogP contribution in [0.15, 0.2) is 65.4 Å². The molecule has 8 nitrogen and oxygen atoms in total. The quantitative estimate of drug-likeness (QED) is 0.388. The molecule has 4 aromatic heterocycles. The fourth-order valence-electron chi connectivity index (χ4n) is 4.72. The number of hydrogen-bond acceptors (Lipinski definition) is 7. The zero-order chi connectivity index (χ0) is 23.4. The van der Waals surface area contributed by atoms with Gasteiger partial charge in [-0.3, -0.25) is 9.97 Å². The van der Waals surface area contributed by atoms with E-state index in [4.69, 9.17) is 15.3 Å². The minimum atomic E-state index is -1.66. The third kappa shape index (κ3) is 3.03. The molecule has 1 aliphatic carbocycles. The Labute approximate surface area is 196 Å². The Morgan fingerprint density at radius 2 is 1.71 bits per heavy atom. The Morgan fingerprint density at radius 1 is 1.03 bits per heavy atom. The van der Waals surface area contributed by atoms with Gasteiger partial charge in [0.15, 0.2) is 5.60 Å². The zero-order valence-corrected chi connectivity index (χ0v) is 18.9. The highest BCUT2D eigenvalue weighted by atomic mass is 16.5. The Balaban J connectivity index is 1.73. The Kier molecular flexibility index (Phi) is 4.53. The molecule has 3 N–H and O–H groups in total. The van der Waals surface area contributed by atoms with Crippen LogP contribution in [-0.2, 0) is 5.60 Å². The van der Waals surface area contributed by atoms with E-state index in [1.807, 2.05) is 50.2 Å². The molecule has 0 saturated heterocycles. The minimum Gasteiger partial charge on any atom is -0.373 e. The summed E-state index contributed by atoms with van der Waals surface area (Å²) >= 11 is 0. The maximum absolute atomic E-state index is 12.5. The van der Waals surface area contributed by atoms with Crippen molar-refractivity contribution in [1.82, 2.24) is 24.8 Å². The van der Waals surface area contributed by atoms with Crippen molar-refractivity contribution in [2.75, 3.05) is 5.84 Å². The van der Waals surface area contributed by atoms with Crippen LogP contribution in [0, 0.1) is 13.8 Å². The van der Waals surface area contributed by atoms with Crippen molar-refractivity contribution in [3.05, 3.63) is 95.2 Å². The van der Waals surface area contributed by atoms with E-state index in [0.717, 1.165) is 41.0 Å². The summed E-state index contributed by atoms with van der Waals surface area (Å²) in [7, 11) is 0. The summed E-state index contributed by atoms with van der Waals surface area (Å²) in [5.74, 6) is 8.40. The number of fused-ring (bicyclic) bond motifs is 1. The highest BCUT2D eigenvalue weighted by molar-refractivity contribution is 5.88. The maximum atomic E-state index is 12.5. The van der Waals surface area contributed by atoms with Crippen molar-refractivity contribution in [3.63, 3.8) is 0 Å². The first-order chi connectivity index (χ1) is 16.5. The first kappa shape index (κ1) is 20.6. The van der Waals surface area contributed by atoms with Gasteiger partial charge in [0, 0.05) is 29.4 Å². The second-order valence-electron chi connectivity index (χ2n) is 8.85. The van der Waals surface area contributed by atoms with Crippen molar-refractivity contribution < 1.29 is 9.63 Å². The number of nitrogens with two attached hydrogens (primary N) is 1. The third-order valence-electron chi connectivity index (χ3n) is 6.55. The van der Waals surface area contributed by atoms with E-state index in [2.05, 4.69) is 15.1 Å². The number of nitrogen functional groups attached to an aromatic ring is 1. The molecule has 0 spiro atoms. The van der Waals surface area contributed by atoms with Crippen molar-refractivity contribution in [2.24, 2.45) is 0 Å². The number of aromatic nitrogens is 5. The van der Waals surface area contributed by atoms with Gasteiger partial charge in [0.1, 0.15) is 11.6 Å². The Bertz CT molecular complexity index is 1440. The molecule has 1 saturated carbocycles. The third-order valence-corrected chi connectivity index (χ3v) is 6.55. The molecular weight excluding hydrogens is 428 g/mol.